The largest absolute Gasteiger partial charge is 0.494 e. The van der Waals surface area contributed by atoms with Crippen molar-refractivity contribution in [3.63, 3.8) is 0 Å². The zero-order valence-electron chi connectivity index (χ0n) is 12.3. The molecule has 0 aromatic heterocycles. The van der Waals surface area contributed by atoms with Crippen LogP contribution in [0.5, 0.6) is 5.75 Å². The highest BCUT2D eigenvalue weighted by Gasteiger charge is 2.01. The van der Waals surface area contributed by atoms with Crippen molar-refractivity contribution in [2.75, 3.05) is 26.2 Å². The van der Waals surface area contributed by atoms with Crippen LogP contribution >= 0.6 is 22.6 Å². The van der Waals surface area contributed by atoms with Gasteiger partial charge in [-0.1, -0.05) is 0 Å². The van der Waals surface area contributed by atoms with Crippen molar-refractivity contribution in [2.24, 2.45) is 0 Å². The lowest BCUT2D eigenvalue weighted by Gasteiger charge is -2.14. The number of quaternary nitrogens is 1. The Balaban J connectivity index is 1.98. The predicted molar refractivity (Wildman–Crippen MR) is 90.0 cm³/mol. The van der Waals surface area contributed by atoms with Gasteiger partial charge in [-0.05, 0) is 86.4 Å². The molecule has 0 saturated carbocycles. The Labute approximate surface area is 131 Å². The number of rotatable bonds is 10. The molecule has 1 rings (SSSR count). The molecule has 1 aromatic rings. The molecule has 0 aliphatic heterocycles. The summed E-state index contributed by atoms with van der Waals surface area (Å²) in [5, 5.41) is 0. The van der Waals surface area contributed by atoms with Gasteiger partial charge < -0.3 is 9.64 Å². The van der Waals surface area contributed by atoms with Gasteiger partial charge in [-0.3, -0.25) is 0 Å². The Kier molecular flexibility index (Phi) is 9.26. The molecule has 1 aromatic carbocycles. The molecule has 0 fully saturated rings. The summed E-state index contributed by atoms with van der Waals surface area (Å²) in [7, 11) is 0. The first-order chi connectivity index (χ1) is 9.26. The fraction of sp³-hybridized carbons (Fsp3) is 0.625. The summed E-state index contributed by atoms with van der Waals surface area (Å²) in [6, 6.07) is 8.27. The van der Waals surface area contributed by atoms with Crippen molar-refractivity contribution in [3.8, 4) is 5.75 Å². The van der Waals surface area contributed by atoms with Crippen molar-refractivity contribution >= 4 is 22.6 Å². The van der Waals surface area contributed by atoms with Crippen molar-refractivity contribution in [1.29, 1.82) is 0 Å². The van der Waals surface area contributed by atoms with Crippen LogP contribution < -0.4 is 9.64 Å². The molecular formula is C16H27INO+. The van der Waals surface area contributed by atoms with Crippen LogP contribution in [0.4, 0.5) is 0 Å². The van der Waals surface area contributed by atoms with E-state index in [-0.39, 0.29) is 0 Å². The number of nitrogens with one attached hydrogen (secondary N) is 1. The summed E-state index contributed by atoms with van der Waals surface area (Å²) in [5.41, 5.74) is 0. The minimum absolute atomic E-state index is 0.846. The van der Waals surface area contributed by atoms with Crippen LogP contribution in [0.3, 0.4) is 0 Å². The molecule has 0 saturated heterocycles. The third-order valence-electron chi connectivity index (χ3n) is 3.51. The van der Waals surface area contributed by atoms with Gasteiger partial charge in [0.2, 0.25) is 0 Å². The average Bonchev–Trinajstić information content (AvgIpc) is 2.44. The molecule has 2 nitrogen and oxygen atoms in total. The third-order valence-corrected chi connectivity index (χ3v) is 4.23. The molecule has 19 heavy (non-hydrogen) atoms. The second-order valence-electron chi connectivity index (χ2n) is 4.92. The molecule has 0 aliphatic rings. The van der Waals surface area contributed by atoms with E-state index in [2.05, 4.69) is 48.6 Å². The van der Waals surface area contributed by atoms with Crippen LogP contribution in [0.15, 0.2) is 24.3 Å². The van der Waals surface area contributed by atoms with E-state index in [1.807, 2.05) is 12.1 Å². The van der Waals surface area contributed by atoms with Crippen LogP contribution in [0, 0.1) is 3.57 Å². The van der Waals surface area contributed by atoms with E-state index in [0.717, 1.165) is 12.4 Å². The normalized spacial score (nSPS) is 10.9. The van der Waals surface area contributed by atoms with Crippen molar-refractivity contribution in [3.05, 3.63) is 27.8 Å². The van der Waals surface area contributed by atoms with Gasteiger partial charge in [0, 0.05) is 3.57 Å². The zero-order valence-corrected chi connectivity index (χ0v) is 14.4. The van der Waals surface area contributed by atoms with E-state index in [1.54, 1.807) is 4.90 Å². The molecule has 0 aliphatic carbocycles. The summed E-state index contributed by atoms with van der Waals surface area (Å²) < 4.78 is 6.98. The van der Waals surface area contributed by atoms with E-state index in [0.29, 0.717) is 0 Å². The lowest BCUT2D eigenvalue weighted by molar-refractivity contribution is -0.896. The van der Waals surface area contributed by atoms with Gasteiger partial charge in [0.05, 0.1) is 26.2 Å². The highest BCUT2D eigenvalue weighted by Crippen LogP contribution is 2.13. The molecule has 0 amide bonds. The van der Waals surface area contributed by atoms with Crippen LogP contribution in [0.2, 0.25) is 0 Å². The van der Waals surface area contributed by atoms with E-state index >= 15 is 0 Å². The van der Waals surface area contributed by atoms with E-state index < -0.39 is 0 Å². The Morgan fingerprint density at radius 3 is 2.21 bits per heavy atom. The van der Waals surface area contributed by atoms with Gasteiger partial charge in [-0.25, -0.2) is 0 Å². The van der Waals surface area contributed by atoms with Gasteiger partial charge in [-0.2, -0.15) is 0 Å². The molecule has 0 radical (unpaired) electrons. The first kappa shape index (κ1) is 16.8. The van der Waals surface area contributed by atoms with Gasteiger partial charge in [0.15, 0.2) is 0 Å². The van der Waals surface area contributed by atoms with Crippen molar-refractivity contribution < 1.29 is 9.64 Å². The maximum Gasteiger partial charge on any atom is 0.119 e. The summed E-state index contributed by atoms with van der Waals surface area (Å²) in [5.74, 6) is 0.994. The van der Waals surface area contributed by atoms with Gasteiger partial charge >= 0.3 is 0 Å². The summed E-state index contributed by atoms with van der Waals surface area (Å²) >= 11 is 2.31. The van der Waals surface area contributed by atoms with E-state index in [4.69, 9.17) is 4.74 Å². The highest BCUT2D eigenvalue weighted by molar-refractivity contribution is 14.1. The molecule has 3 heteroatoms. The van der Waals surface area contributed by atoms with Gasteiger partial charge in [0.25, 0.3) is 0 Å². The van der Waals surface area contributed by atoms with E-state index in [1.165, 1.54) is 48.9 Å². The SMILES string of the molecule is CC[NH+](CC)CCCCCCOc1ccc(I)cc1. The molecule has 0 unspecified atom stereocenters. The number of hydrogen-bond donors (Lipinski definition) is 1. The van der Waals surface area contributed by atoms with E-state index in [9.17, 15) is 0 Å². The molecule has 0 heterocycles. The summed E-state index contributed by atoms with van der Waals surface area (Å²) in [6.45, 7) is 9.23. The Hall–Kier alpha value is -0.290. The number of hydrogen-bond acceptors (Lipinski definition) is 1. The monoisotopic (exact) mass is 376 g/mol. The maximum atomic E-state index is 5.72. The van der Waals surface area contributed by atoms with Gasteiger partial charge in [0.1, 0.15) is 5.75 Å². The fourth-order valence-electron chi connectivity index (χ4n) is 2.16. The summed E-state index contributed by atoms with van der Waals surface area (Å²) in [4.78, 5) is 1.72. The fourth-order valence-corrected chi connectivity index (χ4v) is 2.51. The number of benzene rings is 1. The second kappa shape index (κ2) is 10.5. The number of halogens is 1. The maximum absolute atomic E-state index is 5.72. The predicted octanol–water partition coefficient (Wildman–Crippen LogP) is 3.16. The Bertz CT molecular complexity index is 322. The smallest absolute Gasteiger partial charge is 0.119 e. The molecule has 0 bridgehead atoms. The Morgan fingerprint density at radius 1 is 0.947 bits per heavy atom. The molecule has 1 N–H and O–H groups in total. The number of unbranched alkanes of at least 4 members (excludes halogenated alkanes) is 3. The van der Waals surface area contributed by atoms with Gasteiger partial charge in [-0.15, -0.1) is 0 Å². The zero-order chi connectivity index (χ0) is 13.9. The molecule has 0 spiro atoms. The first-order valence-electron chi connectivity index (χ1n) is 7.48. The standard InChI is InChI=1S/C16H26INO/c1-3-18(4-2)13-7-5-6-8-14-19-16-11-9-15(17)10-12-16/h9-12H,3-8,13-14H2,1-2H3/p+1. The average molecular weight is 376 g/mol. The van der Waals surface area contributed by atoms with Crippen LogP contribution in [-0.2, 0) is 0 Å². The third kappa shape index (κ3) is 7.78. The van der Waals surface area contributed by atoms with Crippen LogP contribution in [0.1, 0.15) is 39.5 Å². The lowest BCUT2D eigenvalue weighted by atomic mass is 10.2. The van der Waals surface area contributed by atoms with Crippen molar-refractivity contribution in [1.82, 2.24) is 0 Å². The Morgan fingerprint density at radius 2 is 1.58 bits per heavy atom. The quantitative estimate of drug-likeness (QED) is 0.489. The second-order valence-corrected chi connectivity index (χ2v) is 6.17. The highest BCUT2D eigenvalue weighted by atomic mass is 127. The molecule has 0 atom stereocenters. The lowest BCUT2D eigenvalue weighted by Crippen LogP contribution is -3.11. The van der Waals surface area contributed by atoms with Crippen LogP contribution in [0.25, 0.3) is 0 Å². The van der Waals surface area contributed by atoms with Crippen molar-refractivity contribution in [2.45, 2.75) is 39.5 Å². The molecular weight excluding hydrogens is 349 g/mol. The van der Waals surface area contributed by atoms with Crippen LogP contribution in [-0.4, -0.2) is 26.2 Å². The topological polar surface area (TPSA) is 13.7 Å². The summed E-state index contributed by atoms with van der Waals surface area (Å²) in [6.07, 6.45) is 5.13. The minimum Gasteiger partial charge on any atom is -0.494 e. The minimum atomic E-state index is 0.846. The first-order valence-corrected chi connectivity index (χ1v) is 8.56. The number of ether oxygens (including phenoxy) is 1. The molecule has 108 valence electrons.